The molecule has 2 rings (SSSR count). The van der Waals surface area contributed by atoms with Gasteiger partial charge in [-0.05, 0) is 18.9 Å². The van der Waals surface area contributed by atoms with Crippen molar-refractivity contribution in [3.63, 3.8) is 0 Å². The molecule has 1 aliphatic carbocycles. The van der Waals surface area contributed by atoms with E-state index in [1.807, 2.05) is 0 Å². The number of carboxylic acid groups (broad SMARTS) is 1. The number of aliphatic carboxylic acids is 1. The Kier molecular flexibility index (Phi) is 3.12. The minimum atomic E-state index is -2.86. The molecular weight excluding hydrogens is 258 g/mol. The number of halogens is 2. The lowest BCUT2D eigenvalue weighted by Gasteiger charge is -2.37. The summed E-state index contributed by atoms with van der Waals surface area (Å²) in [5.74, 6) is -4.68. The summed E-state index contributed by atoms with van der Waals surface area (Å²) in [6.07, 6.45) is -1.54. The standard InChI is InChI=1S/C13H14F2O4/c14-13(15)5-3-12(4-6-13,11(18)19)9-2-1-8(16)7-10(9)17/h1-2,7,16-17H,3-6H2,(H,18,19). The van der Waals surface area contributed by atoms with Crippen LogP contribution in [0.5, 0.6) is 11.5 Å². The zero-order chi connectivity index (χ0) is 14.3. The first-order chi connectivity index (χ1) is 8.77. The molecule has 4 nitrogen and oxygen atoms in total. The Hall–Kier alpha value is -1.85. The molecule has 0 radical (unpaired) electrons. The molecule has 0 bridgehead atoms. The number of aromatic hydroxyl groups is 2. The third kappa shape index (κ3) is 2.34. The van der Waals surface area contributed by atoms with Gasteiger partial charge in [-0.15, -0.1) is 0 Å². The highest BCUT2D eigenvalue weighted by molar-refractivity contribution is 5.82. The van der Waals surface area contributed by atoms with Gasteiger partial charge in [-0.3, -0.25) is 4.79 Å². The SMILES string of the molecule is O=C(O)C1(c2ccc(O)cc2O)CCC(F)(F)CC1. The summed E-state index contributed by atoms with van der Waals surface area (Å²) in [6, 6.07) is 3.54. The molecule has 0 aromatic heterocycles. The molecule has 1 fully saturated rings. The van der Waals surface area contributed by atoms with Crippen LogP contribution in [0.25, 0.3) is 0 Å². The summed E-state index contributed by atoms with van der Waals surface area (Å²) in [5.41, 5.74) is -1.44. The second-order valence-corrected chi connectivity index (χ2v) is 4.94. The average Bonchev–Trinajstić information content (AvgIpc) is 2.30. The number of hydrogen-bond donors (Lipinski definition) is 3. The zero-order valence-corrected chi connectivity index (χ0v) is 10.1. The van der Waals surface area contributed by atoms with E-state index in [4.69, 9.17) is 0 Å². The fourth-order valence-corrected chi connectivity index (χ4v) is 2.57. The fourth-order valence-electron chi connectivity index (χ4n) is 2.57. The first-order valence-corrected chi connectivity index (χ1v) is 5.91. The topological polar surface area (TPSA) is 77.8 Å². The van der Waals surface area contributed by atoms with Crippen molar-refractivity contribution in [1.82, 2.24) is 0 Å². The van der Waals surface area contributed by atoms with Gasteiger partial charge >= 0.3 is 5.97 Å². The van der Waals surface area contributed by atoms with Crippen LogP contribution in [0.15, 0.2) is 18.2 Å². The van der Waals surface area contributed by atoms with Gasteiger partial charge in [0.1, 0.15) is 11.5 Å². The smallest absolute Gasteiger partial charge is 0.314 e. The van der Waals surface area contributed by atoms with Crippen molar-refractivity contribution in [2.24, 2.45) is 0 Å². The molecule has 3 N–H and O–H groups in total. The van der Waals surface area contributed by atoms with Crippen LogP contribution in [0.4, 0.5) is 8.78 Å². The van der Waals surface area contributed by atoms with Gasteiger partial charge in [0, 0.05) is 24.5 Å². The van der Waals surface area contributed by atoms with E-state index in [9.17, 15) is 28.9 Å². The minimum absolute atomic E-state index is 0.0771. The van der Waals surface area contributed by atoms with Crippen LogP contribution >= 0.6 is 0 Å². The van der Waals surface area contributed by atoms with Crippen molar-refractivity contribution in [2.45, 2.75) is 37.0 Å². The summed E-state index contributed by atoms with van der Waals surface area (Å²) in [7, 11) is 0. The van der Waals surface area contributed by atoms with Crippen LogP contribution < -0.4 is 0 Å². The summed E-state index contributed by atoms with van der Waals surface area (Å²) < 4.78 is 26.4. The van der Waals surface area contributed by atoms with Crippen LogP contribution in [0.2, 0.25) is 0 Å². The maximum atomic E-state index is 13.2. The Labute approximate surface area is 108 Å². The second-order valence-electron chi connectivity index (χ2n) is 4.94. The molecule has 0 unspecified atom stereocenters. The maximum Gasteiger partial charge on any atom is 0.314 e. The third-order valence-corrected chi connectivity index (χ3v) is 3.74. The van der Waals surface area contributed by atoms with Crippen molar-refractivity contribution >= 4 is 5.97 Å². The molecule has 0 amide bonds. The van der Waals surface area contributed by atoms with Crippen molar-refractivity contribution in [2.75, 3.05) is 0 Å². The number of hydrogen-bond acceptors (Lipinski definition) is 3. The lowest BCUT2D eigenvalue weighted by molar-refractivity contribution is -0.149. The number of carboxylic acids is 1. The molecule has 1 aromatic rings. The van der Waals surface area contributed by atoms with Gasteiger partial charge < -0.3 is 15.3 Å². The number of rotatable bonds is 2. The Bertz CT molecular complexity index is 503. The predicted octanol–water partition coefficient (Wildman–Crippen LogP) is 2.63. The lowest BCUT2D eigenvalue weighted by Crippen LogP contribution is -2.42. The molecule has 1 saturated carbocycles. The molecule has 0 heterocycles. The Morgan fingerprint density at radius 3 is 2.16 bits per heavy atom. The van der Waals surface area contributed by atoms with Gasteiger partial charge in [0.2, 0.25) is 5.92 Å². The van der Waals surface area contributed by atoms with Crippen molar-refractivity contribution in [3.8, 4) is 11.5 Å². The molecule has 19 heavy (non-hydrogen) atoms. The fraction of sp³-hybridized carbons (Fsp3) is 0.462. The highest BCUT2D eigenvalue weighted by atomic mass is 19.3. The van der Waals surface area contributed by atoms with Gasteiger partial charge in [0.25, 0.3) is 0 Å². The number of alkyl halides is 2. The summed E-state index contributed by atoms with van der Waals surface area (Å²) in [4.78, 5) is 11.5. The summed E-state index contributed by atoms with van der Waals surface area (Å²) in [6.45, 7) is 0. The number of phenolic OH excluding ortho intramolecular Hbond substituents is 2. The molecule has 1 aromatic carbocycles. The Morgan fingerprint density at radius 2 is 1.68 bits per heavy atom. The van der Waals surface area contributed by atoms with Crippen LogP contribution in [-0.4, -0.2) is 27.2 Å². The molecule has 0 aliphatic heterocycles. The van der Waals surface area contributed by atoms with E-state index < -0.39 is 30.1 Å². The molecule has 0 atom stereocenters. The number of phenols is 2. The average molecular weight is 272 g/mol. The Balaban J connectivity index is 2.44. The monoisotopic (exact) mass is 272 g/mol. The lowest BCUT2D eigenvalue weighted by atomic mass is 9.68. The summed E-state index contributed by atoms with van der Waals surface area (Å²) >= 11 is 0. The van der Waals surface area contributed by atoms with E-state index in [1.54, 1.807) is 0 Å². The molecule has 0 spiro atoms. The first kappa shape index (κ1) is 13.6. The molecular formula is C13H14F2O4. The normalized spacial score (nSPS) is 20.9. The van der Waals surface area contributed by atoms with Gasteiger partial charge in [-0.2, -0.15) is 0 Å². The largest absolute Gasteiger partial charge is 0.508 e. The number of benzene rings is 1. The van der Waals surface area contributed by atoms with E-state index in [-0.39, 0.29) is 29.9 Å². The minimum Gasteiger partial charge on any atom is -0.508 e. The highest BCUT2D eigenvalue weighted by Gasteiger charge is 2.50. The van der Waals surface area contributed by atoms with E-state index >= 15 is 0 Å². The number of carbonyl (C=O) groups is 1. The molecule has 6 heteroatoms. The van der Waals surface area contributed by atoms with Crippen LogP contribution in [0.3, 0.4) is 0 Å². The van der Waals surface area contributed by atoms with E-state index in [1.165, 1.54) is 12.1 Å². The zero-order valence-electron chi connectivity index (χ0n) is 10.1. The van der Waals surface area contributed by atoms with Gasteiger partial charge in [0.05, 0.1) is 5.41 Å². The van der Waals surface area contributed by atoms with Crippen molar-refractivity contribution in [1.29, 1.82) is 0 Å². The van der Waals surface area contributed by atoms with Gasteiger partial charge in [-0.1, -0.05) is 6.07 Å². The van der Waals surface area contributed by atoms with Crippen LogP contribution in [-0.2, 0) is 10.2 Å². The highest BCUT2D eigenvalue weighted by Crippen LogP contribution is 2.48. The summed E-state index contributed by atoms with van der Waals surface area (Å²) in [5, 5.41) is 28.4. The first-order valence-electron chi connectivity index (χ1n) is 5.91. The molecule has 1 aliphatic rings. The maximum absolute atomic E-state index is 13.2. The quantitative estimate of drug-likeness (QED) is 0.773. The second kappa shape index (κ2) is 4.36. The van der Waals surface area contributed by atoms with Gasteiger partial charge in [0.15, 0.2) is 0 Å². The van der Waals surface area contributed by atoms with Crippen molar-refractivity contribution < 1.29 is 28.9 Å². The van der Waals surface area contributed by atoms with E-state index in [2.05, 4.69) is 0 Å². The van der Waals surface area contributed by atoms with Crippen LogP contribution in [0.1, 0.15) is 31.2 Å². The molecule has 0 saturated heterocycles. The van der Waals surface area contributed by atoms with E-state index in [0.29, 0.717) is 0 Å². The Morgan fingerprint density at radius 1 is 1.11 bits per heavy atom. The predicted molar refractivity (Wildman–Crippen MR) is 62.5 cm³/mol. The van der Waals surface area contributed by atoms with E-state index in [0.717, 1.165) is 6.07 Å². The molecule has 104 valence electrons. The van der Waals surface area contributed by atoms with Gasteiger partial charge in [-0.25, -0.2) is 8.78 Å². The van der Waals surface area contributed by atoms with Crippen molar-refractivity contribution in [3.05, 3.63) is 23.8 Å². The van der Waals surface area contributed by atoms with Crippen LogP contribution in [0, 0.1) is 0 Å². The third-order valence-electron chi connectivity index (χ3n) is 3.74.